The summed E-state index contributed by atoms with van der Waals surface area (Å²) >= 11 is 0. The van der Waals surface area contributed by atoms with Gasteiger partial charge in [0.1, 0.15) is 11.6 Å². The molecule has 1 aliphatic carbocycles. The van der Waals surface area contributed by atoms with E-state index in [4.69, 9.17) is 10.5 Å². The van der Waals surface area contributed by atoms with E-state index in [1.54, 1.807) is 25.3 Å². The maximum atomic E-state index is 14.5. The molecular formula is C20H19FN2O3. The van der Waals surface area contributed by atoms with E-state index in [0.29, 0.717) is 41.7 Å². The molecule has 0 unspecified atom stereocenters. The van der Waals surface area contributed by atoms with Crippen LogP contribution in [-0.2, 0) is 9.59 Å². The van der Waals surface area contributed by atoms with Gasteiger partial charge in [-0.05, 0) is 54.7 Å². The Labute approximate surface area is 150 Å². The molecular weight excluding hydrogens is 335 g/mol. The lowest BCUT2D eigenvalue weighted by Crippen LogP contribution is -2.20. The van der Waals surface area contributed by atoms with Crippen molar-refractivity contribution in [1.82, 2.24) is 0 Å². The predicted octanol–water partition coefficient (Wildman–Crippen LogP) is 3.41. The van der Waals surface area contributed by atoms with Crippen molar-refractivity contribution in [2.45, 2.75) is 19.3 Å². The SMILES string of the molecule is COc1cccc(-c2ccc(NC(=O)C3=C(C(N)=O)CCC3)c(F)c2)c1. The minimum Gasteiger partial charge on any atom is -0.497 e. The quantitative estimate of drug-likeness (QED) is 0.863. The van der Waals surface area contributed by atoms with E-state index < -0.39 is 17.6 Å². The zero-order valence-corrected chi connectivity index (χ0v) is 14.3. The van der Waals surface area contributed by atoms with Crippen LogP contribution in [-0.4, -0.2) is 18.9 Å². The smallest absolute Gasteiger partial charge is 0.252 e. The van der Waals surface area contributed by atoms with Crippen molar-refractivity contribution in [3.8, 4) is 16.9 Å². The van der Waals surface area contributed by atoms with Crippen LogP contribution in [0.2, 0.25) is 0 Å². The second-order valence-electron chi connectivity index (χ2n) is 6.06. The Morgan fingerprint density at radius 1 is 1.08 bits per heavy atom. The standard InChI is InChI=1S/C20H19FN2O3/c1-26-14-5-2-4-12(10-14)13-8-9-18(17(21)11-13)23-20(25)16-7-3-6-15(16)19(22)24/h2,4-5,8-11H,3,6-7H2,1H3,(H2,22,24)(H,23,25). The first-order chi connectivity index (χ1) is 12.5. The average molecular weight is 354 g/mol. The Morgan fingerprint density at radius 3 is 2.50 bits per heavy atom. The van der Waals surface area contributed by atoms with Crippen molar-refractivity contribution >= 4 is 17.5 Å². The summed E-state index contributed by atoms with van der Waals surface area (Å²) in [4.78, 5) is 23.7. The molecule has 0 bridgehead atoms. The maximum Gasteiger partial charge on any atom is 0.252 e. The first-order valence-corrected chi connectivity index (χ1v) is 8.26. The first-order valence-electron chi connectivity index (χ1n) is 8.26. The number of methoxy groups -OCH3 is 1. The zero-order valence-electron chi connectivity index (χ0n) is 14.3. The molecule has 2 amide bonds. The number of rotatable bonds is 5. The second-order valence-corrected chi connectivity index (χ2v) is 6.06. The maximum absolute atomic E-state index is 14.5. The van der Waals surface area contributed by atoms with Crippen molar-refractivity contribution in [1.29, 1.82) is 0 Å². The number of nitrogens with one attached hydrogen (secondary N) is 1. The minimum absolute atomic E-state index is 0.0601. The Balaban J connectivity index is 1.83. The normalized spacial score (nSPS) is 13.6. The highest BCUT2D eigenvalue weighted by molar-refractivity contribution is 6.10. The predicted molar refractivity (Wildman–Crippen MR) is 97.1 cm³/mol. The van der Waals surface area contributed by atoms with Crippen molar-refractivity contribution in [3.05, 3.63) is 59.4 Å². The van der Waals surface area contributed by atoms with E-state index in [9.17, 15) is 14.0 Å². The third kappa shape index (κ3) is 3.59. The van der Waals surface area contributed by atoms with Crippen LogP contribution in [0.1, 0.15) is 19.3 Å². The molecule has 0 fully saturated rings. The summed E-state index contributed by atoms with van der Waals surface area (Å²) in [6, 6.07) is 11.8. The summed E-state index contributed by atoms with van der Waals surface area (Å²) < 4.78 is 19.6. The van der Waals surface area contributed by atoms with Crippen molar-refractivity contribution < 1.29 is 18.7 Å². The Kier molecular flexibility index (Phi) is 5.02. The van der Waals surface area contributed by atoms with Gasteiger partial charge < -0.3 is 15.8 Å². The highest BCUT2D eigenvalue weighted by atomic mass is 19.1. The van der Waals surface area contributed by atoms with Crippen LogP contribution < -0.4 is 15.8 Å². The number of carbonyl (C=O) groups excluding carboxylic acids is 2. The largest absolute Gasteiger partial charge is 0.497 e. The van der Waals surface area contributed by atoms with Crippen LogP contribution in [0.3, 0.4) is 0 Å². The van der Waals surface area contributed by atoms with Crippen LogP contribution in [0, 0.1) is 5.82 Å². The van der Waals surface area contributed by atoms with Crippen molar-refractivity contribution in [3.63, 3.8) is 0 Å². The van der Waals surface area contributed by atoms with Gasteiger partial charge in [0, 0.05) is 11.1 Å². The highest BCUT2D eigenvalue weighted by Gasteiger charge is 2.24. The molecule has 0 aliphatic heterocycles. The van der Waals surface area contributed by atoms with Crippen molar-refractivity contribution in [2.75, 3.05) is 12.4 Å². The van der Waals surface area contributed by atoms with Gasteiger partial charge in [-0.15, -0.1) is 0 Å². The fourth-order valence-electron chi connectivity index (χ4n) is 3.06. The van der Waals surface area contributed by atoms with Gasteiger partial charge in [0.2, 0.25) is 5.91 Å². The third-order valence-electron chi connectivity index (χ3n) is 4.41. The highest BCUT2D eigenvalue weighted by Crippen LogP contribution is 2.29. The van der Waals surface area contributed by atoms with Gasteiger partial charge in [0.15, 0.2) is 0 Å². The average Bonchev–Trinajstić information content (AvgIpc) is 3.13. The Hall–Kier alpha value is -3.15. The number of amides is 2. The van der Waals surface area contributed by atoms with Gasteiger partial charge in [-0.2, -0.15) is 0 Å². The molecule has 3 rings (SSSR count). The van der Waals surface area contributed by atoms with Crippen LogP contribution in [0.5, 0.6) is 5.75 Å². The monoisotopic (exact) mass is 354 g/mol. The van der Waals surface area contributed by atoms with E-state index in [-0.39, 0.29) is 5.69 Å². The number of benzene rings is 2. The van der Waals surface area contributed by atoms with E-state index in [2.05, 4.69) is 5.32 Å². The first kappa shape index (κ1) is 17.7. The van der Waals surface area contributed by atoms with E-state index >= 15 is 0 Å². The Bertz CT molecular complexity index is 906. The molecule has 0 saturated carbocycles. The lowest BCUT2D eigenvalue weighted by Gasteiger charge is -2.10. The molecule has 2 aromatic rings. The molecule has 0 saturated heterocycles. The van der Waals surface area contributed by atoms with Gasteiger partial charge in [0.25, 0.3) is 5.91 Å². The number of hydrogen-bond donors (Lipinski definition) is 2. The summed E-state index contributed by atoms with van der Waals surface area (Å²) in [7, 11) is 1.57. The molecule has 26 heavy (non-hydrogen) atoms. The van der Waals surface area contributed by atoms with Gasteiger partial charge >= 0.3 is 0 Å². The molecule has 5 nitrogen and oxygen atoms in total. The van der Waals surface area contributed by atoms with Gasteiger partial charge in [-0.25, -0.2) is 4.39 Å². The summed E-state index contributed by atoms with van der Waals surface area (Å²) in [5.41, 5.74) is 7.49. The summed E-state index contributed by atoms with van der Waals surface area (Å²) in [5.74, 6) is -0.962. The van der Waals surface area contributed by atoms with Crippen LogP contribution in [0.25, 0.3) is 11.1 Å². The molecule has 0 spiro atoms. The number of nitrogens with two attached hydrogens (primary N) is 1. The van der Waals surface area contributed by atoms with Crippen LogP contribution >= 0.6 is 0 Å². The van der Waals surface area contributed by atoms with Gasteiger partial charge in [-0.3, -0.25) is 9.59 Å². The topological polar surface area (TPSA) is 81.4 Å². The number of ether oxygens (including phenoxy) is 1. The molecule has 134 valence electrons. The second kappa shape index (κ2) is 7.39. The number of halogens is 1. The summed E-state index contributed by atoms with van der Waals surface area (Å²) in [5, 5.41) is 2.53. The molecule has 1 aliphatic rings. The number of anilines is 1. The summed E-state index contributed by atoms with van der Waals surface area (Å²) in [6.07, 6.45) is 1.64. The minimum atomic E-state index is -0.596. The van der Waals surface area contributed by atoms with E-state index in [1.807, 2.05) is 12.1 Å². The van der Waals surface area contributed by atoms with Crippen molar-refractivity contribution in [2.24, 2.45) is 5.73 Å². The fourth-order valence-corrected chi connectivity index (χ4v) is 3.06. The van der Waals surface area contributed by atoms with E-state index in [1.165, 1.54) is 12.1 Å². The van der Waals surface area contributed by atoms with Gasteiger partial charge in [-0.1, -0.05) is 18.2 Å². The molecule has 0 heterocycles. The van der Waals surface area contributed by atoms with Gasteiger partial charge in [0.05, 0.1) is 12.8 Å². The Morgan fingerprint density at radius 2 is 1.81 bits per heavy atom. The van der Waals surface area contributed by atoms with Crippen LogP contribution in [0.15, 0.2) is 53.6 Å². The molecule has 3 N–H and O–H groups in total. The lowest BCUT2D eigenvalue weighted by atomic mass is 10.0. The fraction of sp³-hybridized carbons (Fsp3) is 0.200. The summed E-state index contributed by atoms with van der Waals surface area (Å²) in [6.45, 7) is 0. The third-order valence-corrected chi connectivity index (χ3v) is 4.41. The molecule has 0 aromatic heterocycles. The molecule has 0 radical (unpaired) electrons. The molecule has 0 atom stereocenters. The number of carbonyl (C=O) groups is 2. The number of hydrogen-bond acceptors (Lipinski definition) is 3. The molecule has 2 aromatic carbocycles. The lowest BCUT2D eigenvalue weighted by molar-refractivity contribution is -0.116. The zero-order chi connectivity index (χ0) is 18.7. The van der Waals surface area contributed by atoms with Crippen LogP contribution in [0.4, 0.5) is 10.1 Å². The molecule has 6 heteroatoms. The number of primary amides is 1. The van der Waals surface area contributed by atoms with E-state index in [0.717, 1.165) is 5.56 Å².